The number of aromatic nitrogens is 2. The van der Waals surface area contributed by atoms with E-state index in [1.54, 1.807) is 36.3 Å². The number of benzene rings is 1. The fourth-order valence-electron chi connectivity index (χ4n) is 3.26. The monoisotopic (exact) mass is 447 g/mol. The lowest BCUT2D eigenvalue weighted by molar-refractivity contribution is -0.134. The quantitative estimate of drug-likeness (QED) is 0.696. The Labute approximate surface area is 184 Å². The first-order chi connectivity index (χ1) is 14.8. The van der Waals surface area contributed by atoms with Gasteiger partial charge < -0.3 is 15.1 Å². The van der Waals surface area contributed by atoms with E-state index in [-0.39, 0.29) is 35.3 Å². The van der Waals surface area contributed by atoms with Gasteiger partial charge in [-0.15, -0.1) is 11.8 Å². The first-order valence-electron chi connectivity index (χ1n) is 10.0. The van der Waals surface area contributed by atoms with Crippen LogP contribution < -0.4 is 5.32 Å². The summed E-state index contributed by atoms with van der Waals surface area (Å²) in [5.74, 6) is -0.0644. The van der Waals surface area contributed by atoms with Crippen LogP contribution in [0.25, 0.3) is 5.69 Å². The van der Waals surface area contributed by atoms with Crippen LogP contribution in [0.15, 0.2) is 36.5 Å². The smallest absolute Gasteiger partial charge is 0.274 e. The van der Waals surface area contributed by atoms with Gasteiger partial charge in [0.05, 0.1) is 11.4 Å². The van der Waals surface area contributed by atoms with E-state index in [9.17, 15) is 18.8 Å². The van der Waals surface area contributed by atoms with E-state index in [1.807, 2.05) is 13.8 Å². The van der Waals surface area contributed by atoms with Gasteiger partial charge in [0.1, 0.15) is 11.9 Å². The van der Waals surface area contributed by atoms with Gasteiger partial charge in [-0.2, -0.15) is 5.10 Å². The Hall–Kier alpha value is -2.88. The van der Waals surface area contributed by atoms with Crippen molar-refractivity contribution in [2.75, 3.05) is 31.6 Å². The fraction of sp³-hybridized carbons (Fsp3) is 0.429. The van der Waals surface area contributed by atoms with Crippen LogP contribution in [0.4, 0.5) is 4.39 Å². The van der Waals surface area contributed by atoms with Crippen molar-refractivity contribution in [3.05, 3.63) is 48.0 Å². The maximum absolute atomic E-state index is 13.5. The zero-order chi connectivity index (χ0) is 22.5. The molecule has 3 amide bonds. The molecule has 1 aromatic carbocycles. The molecular formula is C21H26FN5O3S. The van der Waals surface area contributed by atoms with E-state index in [4.69, 9.17) is 0 Å². The molecule has 8 nitrogen and oxygen atoms in total. The second-order valence-corrected chi connectivity index (χ2v) is 8.64. The highest BCUT2D eigenvalue weighted by Gasteiger charge is 2.28. The SMILES string of the molecule is CC(C)N(CCN(C)C(=O)[C@@H]1CSCC(=O)N1)C(=O)c1ccn(-c2cccc(F)c2)n1. The molecule has 1 aliphatic rings. The predicted octanol–water partition coefficient (Wildman–Crippen LogP) is 1.55. The van der Waals surface area contributed by atoms with Gasteiger partial charge in [0.25, 0.3) is 5.91 Å². The second-order valence-electron chi connectivity index (χ2n) is 7.61. The topological polar surface area (TPSA) is 87.5 Å². The van der Waals surface area contributed by atoms with Gasteiger partial charge in [-0.25, -0.2) is 9.07 Å². The highest BCUT2D eigenvalue weighted by Crippen LogP contribution is 2.13. The average Bonchev–Trinajstić information content (AvgIpc) is 3.23. The number of likely N-dealkylation sites (N-methyl/N-ethyl adjacent to an activating group) is 1. The molecule has 3 rings (SSSR count). The summed E-state index contributed by atoms with van der Waals surface area (Å²) in [7, 11) is 1.66. The van der Waals surface area contributed by atoms with E-state index in [2.05, 4.69) is 10.4 Å². The molecule has 1 aliphatic heterocycles. The van der Waals surface area contributed by atoms with Gasteiger partial charge in [0, 0.05) is 38.1 Å². The lowest BCUT2D eigenvalue weighted by Gasteiger charge is -2.31. The molecule has 2 aromatic rings. The van der Waals surface area contributed by atoms with Gasteiger partial charge in [-0.1, -0.05) is 6.07 Å². The van der Waals surface area contributed by atoms with Gasteiger partial charge in [0.15, 0.2) is 5.69 Å². The third-order valence-electron chi connectivity index (χ3n) is 4.97. The Morgan fingerprint density at radius 3 is 2.77 bits per heavy atom. The minimum absolute atomic E-state index is 0.111. The van der Waals surface area contributed by atoms with Crippen molar-refractivity contribution in [1.29, 1.82) is 0 Å². The van der Waals surface area contributed by atoms with Crippen LogP contribution in [0, 0.1) is 5.82 Å². The summed E-state index contributed by atoms with van der Waals surface area (Å²) in [5.41, 5.74) is 0.760. The Kier molecular flexibility index (Phi) is 7.32. The molecule has 1 fully saturated rings. The van der Waals surface area contributed by atoms with E-state index < -0.39 is 6.04 Å². The van der Waals surface area contributed by atoms with Crippen LogP contribution in [0.3, 0.4) is 0 Å². The molecule has 0 bridgehead atoms. The first kappa shape index (κ1) is 22.8. The first-order valence-corrected chi connectivity index (χ1v) is 11.2. The number of nitrogens with one attached hydrogen (secondary N) is 1. The summed E-state index contributed by atoms with van der Waals surface area (Å²) in [4.78, 5) is 40.3. The van der Waals surface area contributed by atoms with Gasteiger partial charge in [-0.05, 0) is 38.1 Å². The minimum atomic E-state index is -0.540. The molecule has 10 heteroatoms. The largest absolute Gasteiger partial charge is 0.343 e. The molecule has 31 heavy (non-hydrogen) atoms. The van der Waals surface area contributed by atoms with E-state index >= 15 is 0 Å². The van der Waals surface area contributed by atoms with Gasteiger partial charge >= 0.3 is 0 Å². The number of carbonyl (C=O) groups excluding carboxylic acids is 3. The van der Waals surface area contributed by atoms with Crippen LogP contribution >= 0.6 is 11.8 Å². The van der Waals surface area contributed by atoms with Crippen LogP contribution in [-0.2, 0) is 9.59 Å². The molecule has 2 heterocycles. The number of halogens is 1. The second kappa shape index (κ2) is 9.95. The van der Waals surface area contributed by atoms with E-state index in [0.717, 1.165) is 0 Å². The number of thioether (sulfide) groups is 1. The molecule has 1 saturated heterocycles. The van der Waals surface area contributed by atoms with Gasteiger partial charge in [-0.3, -0.25) is 14.4 Å². The lowest BCUT2D eigenvalue weighted by atomic mass is 10.2. The molecule has 1 aromatic heterocycles. The number of nitrogens with zero attached hydrogens (tertiary/aromatic N) is 4. The van der Waals surface area contributed by atoms with Crippen LogP contribution in [0.5, 0.6) is 0 Å². The van der Waals surface area contributed by atoms with E-state index in [0.29, 0.717) is 30.3 Å². The number of hydrogen-bond acceptors (Lipinski definition) is 5. The van der Waals surface area contributed by atoms with Crippen molar-refractivity contribution in [3.63, 3.8) is 0 Å². The van der Waals surface area contributed by atoms with Crippen molar-refractivity contribution >= 4 is 29.5 Å². The van der Waals surface area contributed by atoms with Crippen LogP contribution in [0.2, 0.25) is 0 Å². The van der Waals surface area contributed by atoms with Crippen molar-refractivity contribution in [3.8, 4) is 5.69 Å². The van der Waals surface area contributed by atoms with Crippen molar-refractivity contribution in [2.45, 2.75) is 25.9 Å². The maximum atomic E-state index is 13.5. The molecule has 1 N–H and O–H groups in total. The molecule has 0 spiro atoms. The number of rotatable bonds is 7. The summed E-state index contributed by atoms with van der Waals surface area (Å²) < 4.78 is 14.9. The van der Waals surface area contributed by atoms with Crippen LogP contribution in [0.1, 0.15) is 24.3 Å². The molecule has 0 radical (unpaired) electrons. The summed E-state index contributed by atoms with van der Waals surface area (Å²) in [6.07, 6.45) is 1.61. The molecule has 0 aliphatic carbocycles. The van der Waals surface area contributed by atoms with Crippen LogP contribution in [-0.4, -0.2) is 81.0 Å². The normalized spacial score (nSPS) is 16.2. The Morgan fingerprint density at radius 2 is 2.10 bits per heavy atom. The molecule has 0 unspecified atom stereocenters. The van der Waals surface area contributed by atoms with Crippen molar-refractivity contribution in [2.24, 2.45) is 0 Å². The predicted molar refractivity (Wildman–Crippen MR) is 117 cm³/mol. The molecule has 1 atom stereocenters. The molecule has 0 saturated carbocycles. The lowest BCUT2D eigenvalue weighted by Crippen LogP contribution is -2.53. The van der Waals surface area contributed by atoms with Crippen molar-refractivity contribution < 1.29 is 18.8 Å². The Balaban J connectivity index is 1.64. The highest BCUT2D eigenvalue weighted by molar-refractivity contribution is 8.00. The number of carbonyl (C=O) groups is 3. The minimum Gasteiger partial charge on any atom is -0.343 e. The number of amides is 3. The standard InChI is InChI=1S/C21H26FN5O3S/c1-14(2)26(10-9-25(3)20(29)18-12-31-13-19(28)23-18)21(30)17-7-8-27(24-17)16-6-4-5-15(22)11-16/h4-8,11,14,18H,9-10,12-13H2,1-3H3,(H,23,28)/t18-/m0/s1. The average molecular weight is 448 g/mol. The maximum Gasteiger partial charge on any atom is 0.274 e. The summed E-state index contributed by atoms with van der Waals surface area (Å²) >= 11 is 1.43. The summed E-state index contributed by atoms with van der Waals surface area (Å²) in [5, 5.41) is 7.00. The van der Waals surface area contributed by atoms with E-state index in [1.165, 1.54) is 33.5 Å². The fourth-order valence-corrected chi connectivity index (χ4v) is 4.10. The summed E-state index contributed by atoms with van der Waals surface area (Å²) in [6, 6.07) is 6.90. The Bertz CT molecular complexity index is 964. The zero-order valence-corrected chi connectivity index (χ0v) is 18.6. The highest BCUT2D eigenvalue weighted by atomic mass is 32.2. The van der Waals surface area contributed by atoms with Crippen molar-refractivity contribution in [1.82, 2.24) is 24.9 Å². The molecule has 166 valence electrons. The molecular weight excluding hydrogens is 421 g/mol. The zero-order valence-electron chi connectivity index (χ0n) is 17.7. The third kappa shape index (κ3) is 5.63. The Morgan fingerprint density at radius 1 is 1.32 bits per heavy atom. The van der Waals surface area contributed by atoms with Gasteiger partial charge in [0.2, 0.25) is 11.8 Å². The number of hydrogen-bond donors (Lipinski definition) is 1. The summed E-state index contributed by atoms with van der Waals surface area (Å²) in [6.45, 7) is 4.42. The third-order valence-corrected chi connectivity index (χ3v) is 6.00.